The van der Waals surface area contributed by atoms with Crippen LogP contribution in [0.3, 0.4) is 0 Å². The van der Waals surface area contributed by atoms with Crippen LogP contribution in [-0.2, 0) is 14.3 Å². The molecule has 164 valence electrons. The number of benzene rings is 1. The Balaban J connectivity index is 1.62. The number of amides is 3. The molecule has 0 spiro atoms. The van der Waals surface area contributed by atoms with Gasteiger partial charge in [0.1, 0.15) is 11.9 Å². The molecule has 8 heteroatoms. The second-order valence-corrected chi connectivity index (χ2v) is 8.03. The minimum Gasteiger partial charge on any atom is -0.385 e. The summed E-state index contributed by atoms with van der Waals surface area (Å²) in [7, 11) is 1.60. The first kappa shape index (κ1) is 22.2. The molecular formula is C22H30FN3O4. The van der Waals surface area contributed by atoms with Crippen LogP contribution in [0.2, 0.25) is 0 Å². The summed E-state index contributed by atoms with van der Waals surface area (Å²) in [5, 5.41) is 5.70. The molecule has 1 saturated heterocycles. The van der Waals surface area contributed by atoms with E-state index in [0.717, 1.165) is 12.8 Å². The Hall–Kier alpha value is -2.48. The van der Waals surface area contributed by atoms with Crippen LogP contribution in [0, 0.1) is 17.7 Å². The van der Waals surface area contributed by atoms with Gasteiger partial charge < -0.3 is 20.3 Å². The van der Waals surface area contributed by atoms with Crippen molar-refractivity contribution in [2.75, 3.05) is 33.4 Å². The average Bonchev–Trinajstić information content (AvgIpc) is 3.60. The summed E-state index contributed by atoms with van der Waals surface area (Å²) in [6, 6.07) is 4.53. The van der Waals surface area contributed by atoms with Crippen molar-refractivity contribution in [1.29, 1.82) is 0 Å². The summed E-state index contributed by atoms with van der Waals surface area (Å²) in [5.74, 6) is -0.757. The average molecular weight is 419 g/mol. The number of piperidine rings is 1. The summed E-state index contributed by atoms with van der Waals surface area (Å²) in [6.07, 6.45) is 3.92. The Morgan fingerprint density at radius 3 is 2.40 bits per heavy atom. The minimum absolute atomic E-state index is 0.0694. The number of hydrogen-bond donors (Lipinski definition) is 2. The standard InChI is InChI=1S/C22H30FN3O4/c1-30-14-2-11-24-21(28)19(25-20(27)16-5-7-18(23)8-6-16)15-9-12-26(13-10-15)22(29)17-3-4-17/h5-8,15,17,19H,2-4,9-14H2,1H3,(H,24,28)(H,25,27)/t19-/m0/s1. The summed E-state index contributed by atoms with van der Waals surface area (Å²) >= 11 is 0. The second kappa shape index (κ2) is 10.5. The van der Waals surface area contributed by atoms with Crippen molar-refractivity contribution in [3.05, 3.63) is 35.6 Å². The Labute approximate surface area is 176 Å². The van der Waals surface area contributed by atoms with E-state index < -0.39 is 17.8 Å². The summed E-state index contributed by atoms with van der Waals surface area (Å²) in [6.45, 7) is 2.18. The van der Waals surface area contributed by atoms with Crippen LogP contribution in [0.4, 0.5) is 4.39 Å². The number of ether oxygens (including phenoxy) is 1. The van der Waals surface area contributed by atoms with Gasteiger partial charge >= 0.3 is 0 Å². The molecule has 2 fully saturated rings. The fourth-order valence-corrected chi connectivity index (χ4v) is 3.80. The van der Waals surface area contributed by atoms with Crippen LogP contribution in [0.25, 0.3) is 0 Å². The fraction of sp³-hybridized carbons (Fsp3) is 0.591. The third-order valence-corrected chi connectivity index (χ3v) is 5.75. The van der Waals surface area contributed by atoms with Crippen molar-refractivity contribution in [1.82, 2.24) is 15.5 Å². The maximum Gasteiger partial charge on any atom is 0.251 e. The molecule has 30 heavy (non-hydrogen) atoms. The molecule has 2 N–H and O–H groups in total. The zero-order valence-corrected chi connectivity index (χ0v) is 17.4. The third kappa shape index (κ3) is 6.01. The molecule has 1 aromatic carbocycles. The van der Waals surface area contributed by atoms with Crippen molar-refractivity contribution >= 4 is 17.7 Å². The van der Waals surface area contributed by atoms with Crippen LogP contribution in [-0.4, -0.2) is 62.0 Å². The van der Waals surface area contributed by atoms with Crippen LogP contribution in [0.1, 0.15) is 42.5 Å². The lowest BCUT2D eigenvalue weighted by atomic mass is 9.88. The summed E-state index contributed by atoms with van der Waals surface area (Å²) in [5.41, 5.74) is 0.301. The molecule has 7 nitrogen and oxygen atoms in total. The predicted octanol–water partition coefficient (Wildman–Crippen LogP) is 1.73. The SMILES string of the molecule is COCCCNC(=O)[C@@H](NC(=O)c1ccc(F)cc1)C1CCN(C(=O)C2CC2)CC1. The van der Waals surface area contributed by atoms with E-state index in [-0.39, 0.29) is 23.7 Å². The van der Waals surface area contributed by atoms with Gasteiger partial charge in [0.2, 0.25) is 11.8 Å². The smallest absolute Gasteiger partial charge is 0.251 e. The van der Waals surface area contributed by atoms with Crippen molar-refractivity contribution in [3.8, 4) is 0 Å². The van der Waals surface area contributed by atoms with E-state index in [4.69, 9.17) is 4.74 Å². The predicted molar refractivity (Wildman–Crippen MR) is 109 cm³/mol. The van der Waals surface area contributed by atoms with Crippen molar-refractivity contribution in [2.24, 2.45) is 11.8 Å². The van der Waals surface area contributed by atoms with E-state index in [1.165, 1.54) is 24.3 Å². The molecule has 3 rings (SSSR count). The van der Waals surface area contributed by atoms with Gasteiger partial charge in [-0.2, -0.15) is 0 Å². The van der Waals surface area contributed by atoms with E-state index in [1.54, 1.807) is 7.11 Å². The van der Waals surface area contributed by atoms with E-state index in [2.05, 4.69) is 10.6 Å². The van der Waals surface area contributed by atoms with Crippen LogP contribution >= 0.6 is 0 Å². The van der Waals surface area contributed by atoms with Gasteiger partial charge in [-0.3, -0.25) is 14.4 Å². The van der Waals surface area contributed by atoms with Crippen LogP contribution in [0.15, 0.2) is 24.3 Å². The Morgan fingerprint density at radius 1 is 1.13 bits per heavy atom. The Bertz CT molecular complexity index is 743. The van der Waals surface area contributed by atoms with E-state index >= 15 is 0 Å². The number of nitrogens with zero attached hydrogens (tertiary/aromatic N) is 1. The van der Waals surface area contributed by atoms with Gasteiger partial charge in [0.25, 0.3) is 5.91 Å². The summed E-state index contributed by atoms with van der Waals surface area (Å²) in [4.78, 5) is 39.7. The molecule has 2 aliphatic rings. The molecule has 0 bridgehead atoms. The number of carbonyl (C=O) groups is 3. The molecule has 1 aromatic rings. The van der Waals surface area contributed by atoms with Crippen molar-refractivity contribution in [3.63, 3.8) is 0 Å². The van der Waals surface area contributed by atoms with Gasteiger partial charge in [0.15, 0.2) is 0 Å². The normalized spacial score (nSPS) is 18.0. The molecule has 1 atom stereocenters. The van der Waals surface area contributed by atoms with Gasteiger partial charge in [-0.1, -0.05) is 0 Å². The highest BCUT2D eigenvalue weighted by Gasteiger charge is 2.38. The first-order valence-electron chi connectivity index (χ1n) is 10.6. The van der Waals surface area contributed by atoms with Crippen molar-refractivity contribution in [2.45, 2.75) is 38.1 Å². The number of rotatable bonds is 9. The van der Waals surface area contributed by atoms with Crippen molar-refractivity contribution < 1.29 is 23.5 Å². The number of hydrogen-bond acceptors (Lipinski definition) is 4. The maximum absolute atomic E-state index is 13.2. The quantitative estimate of drug-likeness (QED) is 0.597. The highest BCUT2D eigenvalue weighted by atomic mass is 19.1. The van der Waals surface area contributed by atoms with Crippen LogP contribution in [0.5, 0.6) is 0 Å². The molecule has 3 amide bonds. The Kier molecular flexibility index (Phi) is 7.79. The zero-order valence-electron chi connectivity index (χ0n) is 17.4. The summed E-state index contributed by atoms with van der Waals surface area (Å²) < 4.78 is 18.2. The molecule has 0 radical (unpaired) electrons. The molecule has 1 aliphatic heterocycles. The van der Waals surface area contributed by atoms with Crippen LogP contribution < -0.4 is 10.6 Å². The van der Waals surface area contributed by atoms with Gasteiger partial charge in [0, 0.05) is 44.8 Å². The third-order valence-electron chi connectivity index (χ3n) is 5.75. The maximum atomic E-state index is 13.2. The largest absolute Gasteiger partial charge is 0.385 e. The lowest BCUT2D eigenvalue weighted by Crippen LogP contribution is -2.54. The minimum atomic E-state index is -0.705. The first-order valence-corrected chi connectivity index (χ1v) is 10.6. The van der Waals surface area contributed by atoms with Gasteiger partial charge in [-0.15, -0.1) is 0 Å². The molecular weight excluding hydrogens is 389 g/mol. The van der Waals surface area contributed by atoms with E-state index in [0.29, 0.717) is 51.1 Å². The van der Waals surface area contributed by atoms with Gasteiger partial charge in [-0.05, 0) is 62.3 Å². The lowest BCUT2D eigenvalue weighted by molar-refractivity contribution is -0.134. The lowest BCUT2D eigenvalue weighted by Gasteiger charge is -2.36. The monoisotopic (exact) mass is 419 g/mol. The molecule has 0 aromatic heterocycles. The molecule has 1 aliphatic carbocycles. The van der Waals surface area contributed by atoms with Gasteiger partial charge in [0.05, 0.1) is 0 Å². The first-order chi connectivity index (χ1) is 14.5. The Morgan fingerprint density at radius 2 is 1.80 bits per heavy atom. The number of nitrogens with one attached hydrogen (secondary N) is 2. The van der Waals surface area contributed by atoms with E-state index in [9.17, 15) is 18.8 Å². The molecule has 1 saturated carbocycles. The molecule has 0 unspecified atom stereocenters. The highest BCUT2D eigenvalue weighted by Crippen LogP contribution is 2.33. The number of halogens is 1. The number of carbonyl (C=O) groups excluding carboxylic acids is 3. The second-order valence-electron chi connectivity index (χ2n) is 8.03. The van der Waals surface area contributed by atoms with E-state index in [1.807, 2.05) is 4.90 Å². The fourth-order valence-electron chi connectivity index (χ4n) is 3.80. The van der Waals surface area contributed by atoms with Gasteiger partial charge in [-0.25, -0.2) is 4.39 Å². The number of methoxy groups -OCH3 is 1. The molecule has 1 heterocycles. The highest BCUT2D eigenvalue weighted by molar-refractivity contribution is 5.97. The number of likely N-dealkylation sites (tertiary alicyclic amines) is 1. The zero-order chi connectivity index (χ0) is 21.5. The topological polar surface area (TPSA) is 87.7 Å².